The molecule has 0 saturated carbocycles. The smallest absolute Gasteiger partial charge is 0.307 e. The average molecular weight is 201 g/mol. The number of hydrogen-bond acceptors (Lipinski definition) is 2. The molecule has 0 saturated heterocycles. The molecule has 1 rings (SSSR count). The highest BCUT2D eigenvalue weighted by Crippen LogP contribution is 2.15. The van der Waals surface area contributed by atoms with Crippen molar-refractivity contribution in [2.75, 3.05) is 0 Å². The van der Waals surface area contributed by atoms with Crippen molar-refractivity contribution in [3.63, 3.8) is 0 Å². The Labute approximate surface area is 79.2 Å². The van der Waals surface area contributed by atoms with Gasteiger partial charge in [-0.25, -0.2) is 8.78 Å². The van der Waals surface area contributed by atoms with Gasteiger partial charge < -0.3 is 10.8 Å². The van der Waals surface area contributed by atoms with Gasteiger partial charge in [0.1, 0.15) is 0 Å². The third-order valence-electron chi connectivity index (χ3n) is 1.80. The lowest BCUT2D eigenvalue weighted by molar-refractivity contribution is -0.136. The van der Waals surface area contributed by atoms with E-state index in [-0.39, 0.29) is 18.5 Å². The van der Waals surface area contributed by atoms with Crippen LogP contribution in [-0.4, -0.2) is 11.1 Å². The van der Waals surface area contributed by atoms with Crippen molar-refractivity contribution in [2.24, 2.45) is 5.73 Å². The van der Waals surface area contributed by atoms with E-state index >= 15 is 0 Å². The first kappa shape index (κ1) is 10.6. The molecule has 14 heavy (non-hydrogen) atoms. The molecule has 1 aromatic rings. The van der Waals surface area contributed by atoms with Crippen LogP contribution in [0.3, 0.4) is 0 Å². The number of carbonyl (C=O) groups is 1. The van der Waals surface area contributed by atoms with Crippen LogP contribution in [0.25, 0.3) is 0 Å². The normalized spacial score (nSPS) is 10.2. The number of nitrogens with two attached hydrogens (primary N) is 1. The number of carboxylic acids is 1. The van der Waals surface area contributed by atoms with Gasteiger partial charge in [0, 0.05) is 6.54 Å². The second-order valence-corrected chi connectivity index (χ2v) is 2.81. The SMILES string of the molecule is NCc1cc(F)c(F)cc1CC(=O)O. The van der Waals surface area contributed by atoms with E-state index in [9.17, 15) is 13.6 Å². The second kappa shape index (κ2) is 4.15. The molecular formula is C9H9F2NO2. The minimum absolute atomic E-state index is 0.0141. The summed E-state index contributed by atoms with van der Waals surface area (Å²) in [6, 6.07) is 1.79. The minimum atomic E-state index is -1.11. The van der Waals surface area contributed by atoms with Crippen LogP contribution < -0.4 is 5.73 Å². The molecule has 0 unspecified atom stereocenters. The lowest BCUT2D eigenvalue weighted by Crippen LogP contribution is -2.08. The number of halogens is 2. The summed E-state index contributed by atoms with van der Waals surface area (Å²) < 4.78 is 25.4. The molecule has 3 nitrogen and oxygen atoms in total. The van der Waals surface area contributed by atoms with Crippen molar-refractivity contribution < 1.29 is 18.7 Å². The van der Waals surface area contributed by atoms with Crippen LogP contribution in [0.5, 0.6) is 0 Å². The summed E-state index contributed by atoms with van der Waals surface area (Å²) in [5.41, 5.74) is 5.78. The van der Waals surface area contributed by atoms with E-state index in [4.69, 9.17) is 10.8 Å². The third-order valence-corrected chi connectivity index (χ3v) is 1.80. The van der Waals surface area contributed by atoms with E-state index in [1.165, 1.54) is 0 Å². The average Bonchev–Trinajstić information content (AvgIpc) is 2.10. The molecule has 0 fully saturated rings. The van der Waals surface area contributed by atoms with E-state index in [2.05, 4.69) is 0 Å². The number of carboxylic acid groups (broad SMARTS) is 1. The molecule has 0 aliphatic rings. The summed E-state index contributed by atoms with van der Waals surface area (Å²) in [7, 11) is 0. The Morgan fingerprint density at radius 2 is 1.79 bits per heavy atom. The molecule has 0 bridgehead atoms. The summed E-state index contributed by atoms with van der Waals surface area (Å²) in [5.74, 6) is -3.18. The van der Waals surface area contributed by atoms with Crippen molar-refractivity contribution in [1.82, 2.24) is 0 Å². The van der Waals surface area contributed by atoms with E-state index in [0.717, 1.165) is 12.1 Å². The first-order valence-electron chi connectivity index (χ1n) is 3.93. The highest BCUT2D eigenvalue weighted by atomic mass is 19.2. The molecule has 0 spiro atoms. The van der Waals surface area contributed by atoms with Crippen LogP contribution >= 0.6 is 0 Å². The van der Waals surface area contributed by atoms with Gasteiger partial charge in [0.25, 0.3) is 0 Å². The van der Waals surface area contributed by atoms with Gasteiger partial charge in [0.05, 0.1) is 6.42 Å². The predicted molar refractivity (Wildman–Crippen MR) is 45.6 cm³/mol. The molecule has 3 N–H and O–H groups in total. The molecule has 1 aromatic carbocycles. The first-order chi connectivity index (χ1) is 6.54. The van der Waals surface area contributed by atoms with Gasteiger partial charge in [0.2, 0.25) is 0 Å². The van der Waals surface area contributed by atoms with Gasteiger partial charge in [-0.1, -0.05) is 0 Å². The Morgan fingerprint density at radius 1 is 1.29 bits per heavy atom. The van der Waals surface area contributed by atoms with Crippen LogP contribution in [0.4, 0.5) is 8.78 Å². The van der Waals surface area contributed by atoms with Crippen molar-refractivity contribution in [1.29, 1.82) is 0 Å². The van der Waals surface area contributed by atoms with Crippen LogP contribution in [0.1, 0.15) is 11.1 Å². The standard InChI is InChI=1S/C9H9F2NO2/c10-7-1-5(3-9(13)14)6(4-12)2-8(7)11/h1-2H,3-4,12H2,(H,13,14). The molecule has 0 aliphatic heterocycles. The Bertz CT molecular complexity index is 366. The molecule has 0 amide bonds. The summed E-state index contributed by atoms with van der Waals surface area (Å²) >= 11 is 0. The minimum Gasteiger partial charge on any atom is -0.481 e. The molecule has 0 heterocycles. The fraction of sp³-hybridized carbons (Fsp3) is 0.222. The highest BCUT2D eigenvalue weighted by molar-refractivity contribution is 5.70. The maximum atomic E-state index is 12.7. The zero-order valence-electron chi connectivity index (χ0n) is 7.26. The number of rotatable bonds is 3. The van der Waals surface area contributed by atoms with Gasteiger partial charge in [-0.05, 0) is 23.3 Å². The van der Waals surface area contributed by atoms with Crippen molar-refractivity contribution in [3.05, 3.63) is 34.9 Å². The predicted octanol–water partition coefficient (Wildman–Crippen LogP) is 1.05. The van der Waals surface area contributed by atoms with E-state index < -0.39 is 17.6 Å². The van der Waals surface area contributed by atoms with Gasteiger partial charge in [0.15, 0.2) is 11.6 Å². The molecule has 0 aliphatic carbocycles. The van der Waals surface area contributed by atoms with Crippen LogP contribution in [0, 0.1) is 11.6 Å². The molecule has 0 aromatic heterocycles. The maximum Gasteiger partial charge on any atom is 0.307 e. The number of hydrogen-bond donors (Lipinski definition) is 2. The van der Waals surface area contributed by atoms with Gasteiger partial charge in [-0.3, -0.25) is 4.79 Å². The fourth-order valence-corrected chi connectivity index (χ4v) is 1.15. The zero-order valence-corrected chi connectivity index (χ0v) is 7.26. The summed E-state index contributed by atoms with van der Waals surface area (Å²) in [5, 5.41) is 8.49. The monoisotopic (exact) mass is 201 g/mol. The molecular weight excluding hydrogens is 192 g/mol. The molecule has 0 radical (unpaired) electrons. The number of benzene rings is 1. The lowest BCUT2D eigenvalue weighted by Gasteiger charge is -2.05. The second-order valence-electron chi connectivity index (χ2n) is 2.81. The van der Waals surface area contributed by atoms with Gasteiger partial charge in [-0.15, -0.1) is 0 Å². The Balaban J connectivity index is 3.13. The van der Waals surface area contributed by atoms with E-state index in [0.29, 0.717) is 5.56 Å². The molecule has 76 valence electrons. The molecule has 0 atom stereocenters. The van der Waals surface area contributed by atoms with Gasteiger partial charge in [-0.2, -0.15) is 0 Å². The third kappa shape index (κ3) is 2.26. The van der Waals surface area contributed by atoms with Crippen molar-refractivity contribution in [3.8, 4) is 0 Å². The maximum absolute atomic E-state index is 12.7. The van der Waals surface area contributed by atoms with Gasteiger partial charge >= 0.3 is 5.97 Å². The Morgan fingerprint density at radius 3 is 2.21 bits per heavy atom. The Hall–Kier alpha value is -1.49. The van der Waals surface area contributed by atoms with Crippen LogP contribution in [0.15, 0.2) is 12.1 Å². The summed E-state index contributed by atoms with van der Waals surface area (Å²) in [6.07, 6.45) is -0.357. The van der Waals surface area contributed by atoms with Crippen molar-refractivity contribution in [2.45, 2.75) is 13.0 Å². The lowest BCUT2D eigenvalue weighted by atomic mass is 10.0. The summed E-state index contributed by atoms with van der Waals surface area (Å²) in [6.45, 7) is -0.0141. The fourth-order valence-electron chi connectivity index (χ4n) is 1.15. The van der Waals surface area contributed by atoms with E-state index in [1.807, 2.05) is 0 Å². The van der Waals surface area contributed by atoms with E-state index in [1.54, 1.807) is 0 Å². The zero-order chi connectivity index (χ0) is 10.7. The topological polar surface area (TPSA) is 63.3 Å². The van der Waals surface area contributed by atoms with Crippen LogP contribution in [-0.2, 0) is 17.8 Å². The molecule has 5 heteroatoms. The van der Waals surface area contributed by atoms with Crippen molar-refractivity contribution >= 4 is 5.97 Å². The number of aliphatic carboxylic acids is 1. The Kier molecular flexibility index (Phi) is 3.14. The van der Waals surface area contributed by atoms with Crippen LogP contribution in [0.2, 0.25) is 0 Å². The largest absolute Gasteiger partial charge is 0.481 e. The summed E-state index contributed by atoms with van der Waals surface area (Å²) in [4.78, 5) is 10.4. The first-order valence-corrected chi connectivity index (χ1v) is 3.93. The quantitative estimate of drug-likeness (QED) is 0.768. The highest BCUT2D eigenvalue weighted by Gasteiger charge is 2.11.